The second kappa shape index (κ2) is 4.30. The summed E-state index contributed by atoms with van der Waals surface area (Å²) in [7, 11) is 0. The lowest BCUT2D eigenvalue weighted by Crippen LogP contribution is -2.00. The molecule has 0 aliphatic heterocycles. The van der Waals surface area contributed by atoms with E-state index in [2.05, 4.69) is 20.9 Å². The molecule has 0 radical (unpaired) electrons. The Balaban J connectivity index is 3.30. The molecule has 13 heavy (non-hydrogen) atoms. The van der Waals surface area contributed by atoms with E-state index in [1.54, 1.807) is 0 Å². The second-order valence-electron chi connectivity index (χ2n) is 2.25. The topological polar surface area (TPSA) is 33.1 Å². The molecule has 0 aromatic carbocycles. The highest BCUT2D eigenvalue weighted by atomic mass is 79.9. The molecule has 0 saturated carbocycles. The Morgan fingerprint density at radius 1 is 1.62 bits per heavy atom. The third-order valence-corrected chi connectivity index (χ3v) is 2.27. The molecule has 0 saturated heterocycles. The van der Waals surface area contributed by atoms with Gasteiger partial charge in [0, 0.05) is 4.47 Å². The quantitative estimate of drug-likeness (QED) is 0.840. The highest BCUT2D eigenvalue weighted by molar-refractivity contribution is 9.10. The van der Waals surface area contributed by atoms with Gasteiger partial charge < -0.3 is 5.11 Å². The smallest absolute Gasteiger partial charge is 0.266 e. The maximum atomic E-state index is 12.4. The number of nitrogens with zero attached hydrogens (tertiary/aromatic N) is 1. The van der Waals surface area contributed by atoms with E-state index in [1.165, 1.54) is 6.07 Å². The Hall–Kier alpha value is -0.260. The standard InChI is InChI=1S/C7H5BrClF2NO/c8-3-1-5(9)12-4(2-13)6(3)7(10)11/h1,7,13H,2H2. The second-order valence-corrected chi connectivity index (χ2v) is 3.49. The Morgan fingerprint density at radius 2 is 2.23 bits per heavy atom. The van der Waals surface area contributed by atoms with Crippen LogP contribution in [0.25, 0.3) is 0 Å². The third kappa shape index (κ3) is 2.36. The van der Waals surface area contributed by atoms with Gasteiger partial charge in [0.1, 0.15) is 5.15 Å². The van der Waals surface area contributed by atoms with Gasteiger partial charge >= 0.3 is 0 Å². The molecule has 1 rings (SSSR count). The van der Waals surface area contributed by atoms with Crippen molar-refractivity contribution >= 4 is 27.5 Å². The minimum atomic E-state index is -2.68. The molecule has 0 bridgehead atoms. The van der Waals surface area contributed by atoms with Crippen LogP contribution in [0.5, 0.6) is 0 Å². The first kappa shape index (κ1) is 10.8. The number of aromatic nitrogens is 1. The molecule has 0 atom stereocenters. The van der Waals surface area contributed by atoms with Gasteiger partial charge in [-0.2, -0.15) is 0 Å². The SMILES string of the molecule is OCc1nc(Cl)cc(Br)c1C(F)F. The molecule has 0 aliphatic carbocycles. The lowest BCUT2D eigenvalue weighted by Gasteiger charge is -2.08. The van der Waals surface area contributed by atoms with E-state index in [9.17, 15) is 8.78 Å². The molecule has 1 heterocycles. The Labute approximate surface area is 86.7 Å². The van der Waals surface area contributed by atoms with Gasteiger partial charge in [-0.3, -0.25) is 0 Å². The minimum Gasteiger partial charge on any atom is -0.390 e. The zero-order valence-electron chi connectivity index (χ0n) is 6.27. The zero-order chi connectivity index (χ0) is 10.0. The van der Waals surface area contributed by atoms with E-state index in [4.69, 9.17) is 16.7 Å². The molecule has 2 nitrogen and oxygen atoms in total. The van der Waals surface area contributed by atoms with Gasteiger partial charge in [0.05, 0.1) is 17.9 Å². The fourth-order valence-electron chi connectivity index (χ4n) is 0.892. The largest absolute Gasteiger partial charge is 0.390 e. The first-order valence-corrected chi connectivity index (χ1v) is 4.47. The van der Waals surface area contributed by atoms with Crippen LogP contribution in [0.15, 0.2) is 10.5 Å². The number of aliphatic hydroxyl groups excluding tert-OH is 1. The number of hydrogen-bond donors (Lipinski definition) is 1. The predicted molar refractivity (Wildman–Crippen MR) is 47.8 cm³/mol. The molecule has 0 aliphatic rings. The number of halogens is 4. The van der Waals surface area contributed by atoms with Gasteiger partial charge in [0.15, 0.2) is 0 Å². The molecule has 0 spiro atoms. The van der Waals surface area contributed by atoms with Crippen molar-refractivity contribution in [3.63, 3.8) is 0 Å². The van der Waals surface area contributed by atoms with Crippen molar-refractivity contribution in [3.8, 4) is 0 Å². The average molecular weight is 272 g/mol. The maximum absolute atomic E-state index is 12.4. The molecule has 1 aromatic rings. The fourth-order valence-corrected chi connectivity index (χ4v) is 1.85. The summed E-state index contributed by atoms with van der Waals surface area (Å²) in [6, 6.07) is 1.27. The third-order valence-electron chi connectivity index (χ3n) is 1.42. The summed E-state index contributed by atoms with van der Waals surface area (Å²) in [5, 5.41) is 8.81. The van der Waals surface area contributed by atoms with Gasteiger partial charge in [-0.25, -0.2) is 13.8 Å². The van der Waals surface area contributed by atoms with Crippen LogP contribution in [0.2, 0.25) is 5.15 Å². The van der Waals surface area contributed by atoms with Gasteiger partial charge in [0.25, 0.3) is 6.43 Å². The van der Waals surface area contributed by atoms with Crippen LogP contribution in [0.4, 0.5) is 8.78 Å². The van der Waals surface area contributed by atoms with Gasteiger partial charge in [-0.05, 0) is 6.07 Å². The molecule has 0 fully saturated rings. The highest BCUT2D eigenvalue weighted by Crippen LogP contribution is 2.31. The molecule has 0 amide bonds. The normalized spacial score (nSPS) is 10.9. The molecular weight excluding hydrogens is 267 g/mol. The summed E-state index contributed by atoms with van der Waals surface area (Å²) in [5.41, 5.74) is -0.415. The molecular formula is C7H5BrClF2NO. The number of pyridine rings is 1. The summed E-state index contributed by atoms with van der Waals surface area (Å²) in [5.74, 6) is 0. The molecule has 1 N–H and O–H groups in total. The van der Waals surface area contributed by atoms with Crippen LogP contribution in [0.1, 0.15) is 17.7 Å². The monoisotopic (exact) mass is 271 g/mol. The Kier molecular flexibility index (Phi) is 3.58. The summed E-state index contributed by atoms with van der Waals surface area (Å²) in [6.07, 6.45) is -2.68. The van der Waals surface area contributed by atoms with E-state index in [-0.39, 0.29) is 20.9 Å². The van der Waals surface area contributed by atoms with Crippen LogP contribution in [0.3, 0.4) is 0 Å². The molecule has 1 aromatic heterocycles. The Bertz CT molecular complexity index is 322. The summed E-state index contributed by atoms with van der Waals surface area (Å²) < 4.78 is 24.9. The van der Waals surface area contributed by atoms with Crippen LogP contribution >= 0.6 is 27.5 Å². The van der Waals surface area contributed by atoms with Crippen molar-refractivity contribution in [2.24, 2.45) is 0 Å². The van der Waals surface area contributed by atoms with Crippen molar-refractivity contribution in [2.75, 3.05) is 0 Å². The molecule has 6 heteroatoms. The Morgan fingerprint density at radius 3 is 2.69 bits per heavy atom. The maximum Gasteiger partial charge on any atom is 0.266 e. The highest BCUT2D eigenvalue weighted by Gasteiger charge is 2.18. The molecule has 72 valence electrons. The van der Waals surface area contributed by atoms with Crippen molar-refractivity contribution in [1.29, 1.82) is 0 Å². The summed E-state index contributed by atoms with van der Waals surface area (Å²) >= 11 is 8.43. The van der Waals surface area contributed by atoms with Gasteiger partial charge in [-0.15, -0.1) is 0 Å². The van der Waals surface area contributed by atoms with Crippen LogP contribution in [-0.2, 0) is 6.61 Å². The van der Waals surface area contributed by atoms with Crippen molar-refractivity contribution in [2.45, 2.75) is 13.0 Å². The van der Waals surface area contributed by atoms with E-state index >= 15 is 0 Å². The van der Waals surface area contributed by atoms with E-state index in [1.807, 2.05) is 0 Å². The summed E-state index contributed by atoms with van der Waals surface area (Å²) in [6.45, 7) is -0.557. The molecule has 0 unspecified atom stereocenters. The summed E-state index contributed by atoms with van der Waals surface area (Å²) in [4.78, 5) is 3.58. The van der Waals surface area contributed by atoms with Gasteiger partial charge in [0.2, 0.25) is 0 Å². The fraction of sp³-hybridized carbons (Fsp3) is 0.286. The number of alkyl halides is 2. The van der Waals surface area contributed by atoms with E-state index in [0.717, 1.165) is 0 Å². The minimum absolute atomic E-state index is 0.0697. The van der Waals surface area contributed by atoms with Crippen molar-refractivity contribution in [3.05, 3.63) is 26.9 Å². The first-order chi connectivity index (χ1) is 6.06. The number of hydrogen-bond acceptors (Lipinski definition) is 2. The van der Waals surface area contributed by atoms with Crippen molar-refractivity contribution < 1.29 is 13.9 Å². The lowest BCUT2D eigenvalue weighted by atomic mass is 10.2. The van der Waals surface area contributed by atoms with E-state index in [0.29, 0.717) is 0 Å². The van der Waals surface area contributed by atoms with E-state index < -0.39 is 13.0 Å². The number of rotatable bonds is 2. The van der Waals surface area contributed by atoms with Crippen molar-refractivity contribution in [1.82, 2.24) is 4.98 Å². The lowest BCUT2D eigenvalue weighted by molar-refractivity contribution is 0.145. The van der Waals surface area contributed by atoms with Crippen LogP contribution in [0, 0.1) is 0 Å². The predicted octanol–water partition coefficient (Wildman–Crippen LogP) is 2.93. The first-order valence-electron chi connectivity index (χ1n) is 3.30. The van der Waals surface area contributed by atoms with Crippen LogP contribution in [-0.4, -0.2) is 10.1 Å². The van der Waals surface area contributed by atoms with Gasteiger partial charge in [-0.1, -0.05) is 27.5 Å². The van der Waals surface area contributed by atoms with Crippen LogP contribution < -0.4 is 0 Å². The zero-order valence-corrected chi connectivity index (χ0v) is 8.61. The average Bonchev–Trinajstić information content (AvgIpc) is 2.01. The number of aliphatic hydroxyl groups is 1.